The SMILES string of the molecule is Cc1c(C)c(C)c2c(c1C)-c1c(C)c(C)c(C)c(C)c1C1(C=Cc3c1ccc1occc31)c1c(C)c(C)c(C)c(C)c1-2. The molecule has 0 unspecified atom stereocenters. The van der Waals surface area contributed by atoms with Gasteiger partial charge in [0.2, 0.25) is 0 Å². The molecule has 0 amide bonds. The van der Waals surface area contributed by atoms with Crippen LogP contribution in [0.2, 0.25) is 0 Å². The number of hydrogen-bond donors (Lipinski definition) is 0. The summed E-state index contributed by atoms with van der Waals surface area (Å²) in [5.41, 5.74) is 28.7. The molecule has 2 aliphatic carbocycles. The molecule has 1 aromatic heterocycles. The van der Waals surface area contributed by atoms with Gasteiger partial charge in [-0.1, -0.05) is 18.2 Å². The van der Waals surface area contributed by atoms with Crippen molar-refractivity contribution in [1.29, 1.82) is 0 Å². The summed E-state index contributed by atoms with van der Waals surface area (Å²) in [6.45, 7) is 28.2. The van der Waals surface area contributed by atoms with Gasteiger partial charge in [-0.2, -0.15) is 0 Å². The maximum absolute atomic E-state index is 5.91. The highest BCUT2D eigenvalue weighted by Gasteiger charge is 2.48. The molecule has 2 aliphatic rings. The predicted octanol–water partition coefficient (Wildman–Crippen LogP) is 11.1. The number of allylic oxidation sites excluding steroid dienone is 1. The van der Waals surface area contributed by atoms with Crippen molar-refractivity contribution in [2.45, 2.75) is 88.5 Å². The molecule has 212 valence electrons. The molecule has 0 aliphatic heterocycles. The predicted molar refractivity (Wildman–Crippen MR) is 179 cm³/mol. The molecule has 1 spiro atoms. The fraction of sp³-hybridized carbons (Fsp3) is 0.317. The van der Waals surface area contributed by atoms with E-state index in [0.29, 0.717) is 0 Å². The third-order valence-electron chi connectivity index (χ3n) is 12.0. The smallest absolute Gasteiger partial charge is 0.134 e. The summed E-state index contributed by atoms with van der Waals surface area (Å²) in [4.78, 5) is 0. The molecule has 1 nitrogen and oxygen atoms in total. The second-order valence-electron chi connectivity index (χ2n) is 13.3. The Morgan fingerprint density at radius 1 is 0.452 bits per heavy atom. The summed E-state index contributed by atoms with van der Waals surface area (Å²) in [5.74, 6) is 0. The van der Waals surface area contributed by atoms with Gasteiger partial charge in [-0.25, -0.2) is 0 Å². The van der Waals surface area contributed by atoms with Crippen molar-refractivity contribution in [3.05, 3.63) is 120 Å². The van der Waals surface area contributed by atoms with Crippen LogP contribution in [0.25, 0.3) is 39.3 Å². The molecular weight excluding hydrogens is 508 g/mol. The van der Waals surface area contributed by atoms with Crippen molar-refractivity contribution < 1.29 is 4.42 Å². The Bertz CT molecular complexity index is 1990. The van der Waals surface area contributed by atoms with E-state index in [4.69, 9.17) is 4.42 Å². The van der Waals surface area contributed by atoms with Crippen molar-refractivity contribution in [1.82, 2.24) is 0 Å². The zero-order valence-electron chi connectivity index (χ0n) is 27.4. The molecule has 4 aromatic carbocycles. The standard InChI is InChI=1S/C41H42O/c1-19-20(2)26(8)36-35(25(19)7)37-27(9)21(3)23(5)29(11)39(37)41(40-30(12)24(6)22(4)28(10)38(36)40)17-15-31-32-16-18-42-34(32)14-13-33(31)41/h13-18H,1-12H3. The monoisotopic (exact) mass is 550 g/mol. The highest BCUT2D eigenvalue weighted by molar-refractivity contribution is 6.03. The van der Waals surface area contributed by atoms with Crippen LogP contribution in [-0.4, -0.2) is 0 Å². The van der Waals surface area contributed by atoms with Crippen LogP contribution in [0, 0.1) is 83.1 Å². The van der Waals surface area contributed by atoms with Gasteiger partial charge in [0.15, 0.2) is 0 Å². The third-order valence-corrected chi connectivity index (χ3v) is 12.0. The summed E-state index contributed by atoms with van der Waals surface area (Å²) in [6.07, 6.45) is 6.76. The van der Waals surface area contributed by atoms with Crippen LogP contribution in [0.1, 0.15) is 89.0 Å². The summed E-state index contributed by atoms with van der Waals surface area (Å²) in [6, 6.07) is 6.69. The van der Waals surface area contributed by atoms with E-state index in [-0.39, 0.29) is 0 Å². The minimum atomic E-state index is -0.425. The first-order valence-corrected chi connectivity index (χ1v) is 15.4. The maximum Gasteiger partial charge on any atom is 0.134 e. The summed E-state index contributed by atoms with van der Waals surface area (Å²) < 4.78 is 5.91. The fourth-order valence-electron chi connectivity index (χ4n) is 8.62. The Morgan fingerprint density at radius 3 is 1.36 bits per heavy atom. The Balaban J connectivity index is 1.88. The van der Waals surface area contributed by atoms with E-state index in [1.165, 1.54) is 117 Å². The molecule has 0 N–H and O–H groups in total. The number of hydrogen-bond acceptors (Lipinski definition) is 1. The number of benzene rings is 4. The van der Waals surface area contributed by atoms with Crippen LogP contribution >= 0.6 is 0 Å². The maximum atomic E-state index is 5.91. The average molecular weight is 551 g/mol. The lowest BCUT2D eigenvalue weighted by atomic mass is 9.64. The minimum absolute atomic E-state index is 0.425. The molecule has 5 aromatic rings. The van der Waals surface area contributed by atoms with E-state index in [1.54, 1.807) is 0 Å². The van der Waals surface area contributed by atoms with Gasteiger partial charge in [-0.05, 0) is 206 Å². The molecule has 7 rings (SSSR count). The van der Waals surface area contributed by atoms with Gasteiger partial charge in [-0.15, -0.1) is 0 Å². The molecule has 0 saturated carbocycles. The molecule has 0 atom stereocenters. The van der Waals surface area contributed by atoms with Gasteiger partial charge in [-0.3, -0.25) is 0 Å². The molecule has 42 heavy (non-hydrogen) atoms. The second-order valence-corrected chi connectivity index (χ2v) is 13.3. The lowest BCUT2D eigenvalue weighted by Gasteiger charge is -2.38. The Kier molecular flexibility index (Phi) is 5.53. The molecule has 0 fully saturated rings. The van der Waals surface area contributed by atoms with Gasteiger partial charge in [0, 0.05) is 5.39 Å². The van der Waals surface area contributed by atoms with Crippen LogP contribution in [-0.2, 0) is 5.41 Å². The van der Waals surface area contributed by atoms with Crippen molar-refractivity contribution >= 4 is 17.0 Å². The lowest BCUT2D eigenvalue weighted by molar-refractivity contribution is 0.615. The third kappa shape index (κ3) is 2.95. The number of rotatable bonds is 0. The van der Waals surface area contributed by atoms with Gasteiger partial charge in [0.05, 0.1) is 11.7 Å². The van der Waals surface area contributed by atoms with Crippen LogP contribution < -0.4 is 0 Å². The van der Waals surface area contributed by atoms with E-state index >= 15 is 0 Å². The fourth-order valence-corrected chi connectivity index (χ4v) is 8.62. The Hall–Kier alpha value is -3.84. The van der Waals surface area contributed by atoms with Crippen LogP contribution in [0.4, 0.5) is 0 Å². The second kappa shape index (κ2) is 8.60. The number of fused-ring (bicyclic) bond motifs is 11. The van der Waals surface area contributed by atoms with Crippen LogP contribution in [0.15, 0.2) is 35.0 Å². The van der Waals surface area contributed by atoms with E-state index < -0.39 is 5.41 Å². The summed E-state index contributed by atoms with van der Waals surface area (Å²) >= 11 is 0. The first kappa shape index (κ1) is 27.0. The van der Waals surface area contributed by atoms with E-state index in [2.05, 4.69) is 113 Å². The molecule has 1 heteroatoms. The van der Waals surface area contributed by atoms with Gasteiger partial charge in [0.25, 0.3) is 0 Å². The van der Waals surface area contributed by atoms with Gasteiger partial charge in [0.1, 0.15) is 5.58 Å². The molecule has 1 heterocycles. The van der Waals surface area contributed by atoms with E-state index in [0.717, 1.165) is 5.58 Å². The normalized spacial score (nSPS) is 14.3. The average Bonchev–Trinajstić information content (AvgIpc) is 3.58. The highest BCUT2D eigenvalue weighted by Crippen LogP contribution is 2.61. The van der Waals surface area contributed by atoms with E-state index in [9.17, 15) is 0 Å². The van der Waals surface area contributed by atoms with Crippen molar-refractivity contribution in [3.63, 3.8) is 0 Å². The van der Waals surface area contributed by atoms with Gasteiger partial charge >= 0.3 is 0 Å². The Morgan fingerprint density at radius 2 is 0.881 bits per heavy atom. The van der Waals surface area contributed by atoms with Crippen LogP contribution in [0.5, 0.6) is 0 Å². The summed E-state index contributed by atoms with van der Waals surface area (Å²) in [7, 11) is 0. The van der Waals surface area contributed by atoms with Crippen molar-refractivity contribution in [2.75, 3.05) is 0 Å². The topological polar surface area (TPSA) is 13.1 Å². The molecule has 0 saturated heterocycles. The quantitative estimate of drug-likeness (QED) is 0.187. The number of furan rings is 1. The zero-order valence-corrected chi connectivity index (χ0v) is 27.4. The van der Waals surface area contributed by atoms with Crippen molar-refractivity contribution in [3.8, 4) is 22.3 Å². The molecule has 0 radical (unpaired) electrons. The molecule has 0 bridgehead atoms. The lowest BCUT2D eigenvalue weighted by Crippen LogP contribution is -2.30. The summed E-state index contributed by atoms with van der Waals surface area (Å²) in [5, 5.41) is 1.20. The first-order chi connectivity index (χ1) is 19.9. The minimum Gasteiger partial charge on any atom is -0.464 e. The Labute approximate surface area is 251 Å². The zero-order chi connectivity index (χ0) is 30.2. The van der Waals surface area contributed by atoms with Gasteiger partial charge < -0.3 is 4.42 Å². The van der Waals surface area contributed by atoms with Crippen molar-refractivity contribution in [2.24, 2.45) is 0 Å². The molecular formula is C41H42O. The highest BCUT2D eigenvalue weighted by atomic mass is 16.3. The van der Waals surface area contributed by atoms with E-state index in [1.807, 2.05) is 6.26 Å². The first-order valence-electron chi connectivity index (χ1n) is 15.4. The van der Waals surface area contributed by atoms with Crippen LogP contribution in [0.3, 0.4) is 0 Å². The largest absolute Gasteiger partial charge is 0.464 e.